The van der Waals surface area contributed by atoms with E-state index in [9.17, 15) is 35.2 Å². The molecule has 0 aliphatic heterocycles. The van der Waals surface area contributed by atoms with Gasteiger partial charge in [-0.1, -0.05) is 18.2 Å². The summed E-state index contributed by atoms with van der Waals surface area (Å²) in [6, 6.07) is 10.2. The second kappa shape index (κ2) is 9.39. The molecule has 30 heavy (non-hydrogen) atoms. The first-order valence-electron chi connectivity index (χ1n) is 8.33. The Morgan fingerprint density at radius 3 is 2.33 bits per heavy atom. The minimum absolute atomic E-state index is 0.0491. The van der Waals surface area contributed by atoms with Gasteiger partial charge in [-0.3, -0.25) is 4.79 Å². The molecule has 0 heterocycles. The fourth-order valence-electron chi connectivity index (χ4n) is 2.40. The molecule has 0 unspecified atom stereocenters. The molecule has 0 atom stereocenters. The minimum atomic E-state index is -4.73. The number of nitrogens with one attached hydrogen (secondary N) is 1. The van der Waals surface area contributed by atoms with Gasteiger partial charge in [-0.2, -0.15) is 22.0 Å². The Morgan fingerprint density at radius 2 is 1.77 bits per heavy atom. The van der Waals surface area contributed by atoms with Crippen LogP contribution in [0.2, 0.25) is 0 Å². The number of carbonyl (C=O) groups excluding carboxylic acids is 1. The summed E-state index contributed by atoms with van der Waals surface area (Å²) in [4.78, 5) is 13.3. The lowest BCUT2D eigenvalue weighted by Gasteiger charge is -2.18. The average Bonchev–Trinajstić information content (AvgIpc) is 2.66. The maximum atomic E-state index is 12.6. The van der Waals surface area contributed by atoms with E-state index in [1.165, 1.54) is 53.1 Å². The molecule has 0 aromatic heterocycles. The van der Waals surface area contributed by atoms with Gasteiger partial charge in [-0.15, -0.1) is 0 Å². The lowest BCUT2D eigenvalue weighted by molar-refractivity contribution is -0.121. The molecule has 164 valence electrons. The highest BCUT2D eigenvalue weighted by Gasteiger charge is 2.30. The van der Waals surface area contributed by atoms with E-state index in [-0.39, 0.29) is 17.9 Å². The Labute approximate surface area is 169 Å². The number of benzene rings is 2. The van der Waals surface area contributed by atoms with Crippen molar-refractivity contribution in [2.75, 3.05) is 13.6 Å². The predicted octanol–water partition coefficient (Wildman–Crippen LogP) is 3.40. The summed E-state index contributed by atoms with van der Waals surface area (Å²) < 4.78 is 90.9. The topological polar surface area (TPSA) is 75.7 Å². The number of hydrogen-bond acceptors (Lipinski definition) is 4. The molecule has 2 aromatic rings. The number of alkyl halides is 5. The van der Waals surface area contributed by atoms with Crippen LogP contribution in [0.3, 0.4) is 0 Å². The molecule has 12 heteroatoms. The van der Waals surface area contributed by atoms with Crippen LogP contribution in [0.15, 0.2) is 53.4 Å². The highest BCUT2D eigenvalue weighted by molar-refractivity contribution is 7.89. The monoisotopic (exact) mass is 452 g/mol. The molecule has 0 fully saturated rings. The molecule has 0 radical (unpaired) electrons. The van der Waals surface area contributed by atoms with Gasteiger partial charge >= 0.3 is 12.8 Å². The summed E-state index contributed by atoms with van der Waals surface area (Å²) in [7, 11) is -3.04. The molecule has 0 aliphatic carbocycles. The Bertz CT molecular complexity index is 979. The number of amides is 1. The maximum absolute atomic E-state index is 12.6. The first-order chi connectivity index (χ1) is 13.9. The molecule has 0 aliphatic rings. The van der Waals surface area contributed by atoms with E-state index in [0.29, 0.717) is 5.56 Å². The van der Waals surface area contributed by atoms with Crippen LogP contribution in [0.5, 0.6) is 5.75 Å². The number of halogens is 5. The van der Waals surface area contributed by atoms with Crippen LogP contribution >= 0.6 is 0 Å². The van der Waals surface area contributed by atoms with Gasteiger partial charge in [0.15, 0.2) is 0 Å². The molecule has 0 saturated carbocycles. The first kappa shape index (κ1) is 23.5. The van der Waals surface area contributed by atoms with Crippen LogP contribution in [0.25, 0.3) is 0 Å². The van der Waals surface area contributed by atoms with Crippen molar-refractivity contribution in [3.05, 3.63) is 59.7 Å². The first-order valence-corrected chi connectivity index (χ1v) is 9.81. The van der Waals surface area contributed by atoms with E-state index in [4.69, 9.17) is 0 Å². The molecule has 2 aromatic carbocycles. The quantitative estimate of drug-likeness (QED) is 0.623. The van der Waals surface area contributed by atoms with Gasteiger partial charge in [-0.05, 0) is 35.9 Å². The maximum Gasteiger partial charge on any atom is 0.402 e. The zero-order valence-corrected chi connectivity index (χ0v) is 16.3. The van der Waals surface area contributed by atoms with Crippen LogP contribution in [-0.2, 0) is 16.6 Å². The van der Waals surface area contributed by atoms with Crippen molar-refractivity contribution in [3.8, 4) is 5.75 Å². The molecular weight excluding hydrogens is 435 g/mol. The third kappa shape index (κ3) is 6.95. The Hall–Kier alpha value is -2.73. The number of sulfonamides is 1. The van der Waals surface area contributed by atoms with Crippen molar-refractivity contribution >= 4 is 15.9 Å². The third-order valence-corrected chi connectivity index (χ3v) is 5.17. The number of carbonyl (C=O) groups is 1. The van der Waals surface area contributed by atoms with Gasteiger partial charge in [0, 0.05) is 19.2 Å². The summed E-state index contributed by atoms with van der Waals surface area (Å²) >= 11 is 0. The summed E-state index contributed by atoms with van der Waals surface area (Å²) in [5, 5.41) is 0. The fourth-order valence-corrected chi connectivity index (χ4v) is 3.46. The number of hydrogen-bond donors (Lipinski definition) is 1. The molecule has 2 rings (SSSR count). The lowest BCUT2D eigenvalue weighted by atomic mass is 10.1. The molecule has 6 nitrogen and oxygen atoms in total. The molecule has 0 saturated heterocycles. The number of nitrogens with zero attached hydrogens (tertiary/aromatic N) is 1. The van der Waals surface area contributed by atoms with Gasteiger partial charge in [0.05, 0.1) is 4.90 Å². The Morgan fingerprint density at radius 1 is 1.13 bits per heavy atom. The highest BCUT2D eigenvalue weighted by atomic mass is 32.2. The van der Waals surface area contributed by atoms with Crippen molar-refractivity contribution in [2.24, 2.45) is 0 Å². The fraction of sp³-hybridized carbons (Fsp3) is 0.278. The summed E-state index contributed by atoms with van der Waals surface area (Å²) in [6.45, 7) is -4.63. The predicted molar refractivity (Wildman–Crippen MR) is 96.6 cm³/mol. The Balaban J connectivity index is 2.10. The van der Waals surface area contributed by atoms with Crippen molar-refractivity contribution in [1.82, 2.24) is 9.62 Å². The standard InChI is InChI=1S/C18H17F5N2O4S/c1-25(10-12-5-7-14(8-6-12)29-17(19)20)16(26)13-3-2-4-15(9-13)30(27,28)24-11-18(21,22)23/h2-9,17,24H,10-11H2,1H3. The molecule has 0 spiro atoms. The van der Waals surface area contributed by atoms with E-state index >= 15 is 0 Å². The van der Waals surface area contributed by atoms with Gasteiger partial charge in [-0.25, -0.2) is 13.1 Å². The van der Waals surface area contributed by atoms with E-state index in [2.05, 4.69) is 4.74 Å². The van der Waals surface area contributed by atoms with Crippen LogP contribution in [0, 0.1) is 0 Å². The van der Waals surface area contributed by atoms with Crippen molar-refractivity contribution in [1.29, 1.82) is 0 Å². The van der Waals surface area contributed by atoms with Gasteiger partial charge in [0.2, 0.25) is 10.0 Å². The largest absolute Gasteiger partial charge is 0.435 e. The SMILES string of the molecule is CN(Cc1ccc(OC(F)F)cc1)C(=O)c1cccc(S(=O)(=O)NCC(F)(F)F)c1. The Kier molecular flexibility index (Phi) is 7.37. The average molecular weight is 452 g/mol. The van der Waals surface area contributed by atoms with Crippen LogP contribution in [0.1, 0.15) is 15.9 Å². The number of ether oxygens (including phenoxy) is 1. The van der Waals surface area contributed by atoms with Crippen LogP contribution < -0.4 is 9.46 Å². The van der Waals surface area contributed by atoms with E-state index < -0.39 is 40.2 Å². The van der Waals surface area contributed by atoms with Crippen LogP contribution in [-0.4, -0.2) is 45.6 Å². The van der Waals surface area contributed by atoms with E-state index in [1.807, 2.05) is 0 Å². The lowest BCUT2D eigenvalue weighted by Crippen LogP contribution is -2.34. The minimum Gasteiger partial charge on any atom is -0.435 e. The second-order valence-electron chi connectivity index (χ2n) is 6.15. The van der Waals surface area contributed by atoms with Crippen molar-refractivity contribution < 1.29 is 39.9 Å². The molecule has 0 bridgehead atoms. The third-order valence-electron chi connectivity index (χ3n) is 3.77. The highest BCUT2D eigenvalue weighted by Crippen LogP contribution is 2.19. The van der Waals surface area contributed by atoms with Gasteiger partial charge < -0.3 is 9.64 Å². The zero-order chi connectivity index (χ0) is 22.5. The molecular formula is C18H17F5N2O4S. The van der Waals surface area contributed by atoms with Crippen molar-refractivity contribution in [2.45, 2.75) is 24.2 Å². The normalized spacial score (nSPS) is 12.1. The molecule has 1 N–H and O–H groups in total. The van der Waals surface area contributed by atoms with Crippen molar-refractivity contribution in [3.63, 3.8) is 0 Å². The smallest absolute Gasteiger partial charge is 0.402 e. The van der Waals surface area contributed by atoms with E-state index in [1.54, 1.807) is 0 Å². The zero-order valence-electron chi connectivity index (χ0n) is 15.5. The number of rotatable bonds is 8. The second-order valence-corrected chi connectivity index (χ2v) is 7.92. The summed E-state index contributed by atoms with van der Waals surface area (Å²) in [5.41, 5.74) is 0.535. The van der Waals surface area contributed by atoms with Crippen LogP contribution in [0.4, 0.5) is 22.0 Å². The van der Waals surface area contributed by atoms with Gasteiger partial charge in [0.25, 0.3) is 5.91 Å². The summed E-state index contributed by atoms with van der Waals surface area (Å²) in [5.74, 6) is -0.636. The van der Waals surface area contributed by atoms with E-state index in [0.717, 1.165) is 12.1 Å². The summed E-state index contributed by atoms with van der Waals surface area (Å²) in [6.07, 6.45) is -4.73. The molecule has 1 amide bonds. The van der Waals surface area contributed by atoms with Gasteiger partial charge in [0.1, 0.15) is 12.3 Å².